The zero-order chi connectivity index (χ0) is 18.8. The van der Waals surface area contributed by atoms with Crippen LogP contribution in [0.15, 0.2) is 35.8 Å². The second kappa shape index (κ2) is 7.01. The van der Waals surface area contributed by atoms with Crippen molar-refractivity contribution in [1.29, 1.82) is 0 Å². The highest BCUT2D eigenvalue weighted by atomic mass is 32.1. The number of rotatable bonds is 5. The monoisotopic (exact) mass is 372 g/mol. The van der Waals surface area contributed by atoms with Crippen LogP contribution in [0.5, 0.6) is 11.5 Å². The minimum atomic E-state index is -0.843. The molecule has 0 atom stereocenters. The van der Waals surface area contributed by atoms with E-state index in [1.807, 2.05) is 16.9 Å². The standard InChI is InChI=1S/C18H16N2O5S/c1-10-7-14(11(2)20(10)18-19-5-6-26-18)16(23)9-25-17(24)13-4-3-12(21)8-15(13)22/h3-8,21-22H,9H2,1-2H3. The predicted octanol–water partition coefficient (Wildman–Crippen LogP) is 3.00. The number of carbonyl (C=O) groups is 2. The largest absolute Gasteiger partial charge is 0.508 e. The van der Waals surface area contributed by atoms with Crippen molar-refractivity contribution in [3.63, 3.8) is 0 Å². The van der Waals surface area contributed by atoms with Gasteiger partial charge in [-0.15, -0.1) is 11.3 Å². The smallest absolute Gasteiger partial charge is 0.342 e. The number of esters is 1. The Morgan fingerprint density at radius 3 is 2.62 bits per heavy atom. The molecule has 3 aromatic rings. The third-order valence-electron chi connectivity index (χ3n) is 3.88. The third-order valence-corrected chi connectivity index (χ3v) is 4.63. The number of aryl methyl sites for hydroxylation is 1. The lowest BCUT2D eigenvalue weighted by Gasteiger charge is -2.07. The lowest BCUT2D eigenvalue weighted by Crippen LogP contribution is -2.15. The van der Waals surface area contributed by atoms with E-state index < -0.39 is 18.3 Å². The molecule has 0 amide bonds. The number of nitrogens with zero attached hydrogens (tertiary/aromatic N) is 2. The molecule has 8 heteroatoms. The maximum atomic E-state index is 12.5. The highest BCUT2D eigenvalue weighted by Gasteiger charge is 2.20. The fourth-order valence-corrected chi connectivity index (χ4v) is 3.40. The van der Waals surface area contributed by atoms with E-state index in [9.17, 15) is 19.8 Å². The van der Waals surface area contributed by atoms with Crippen LogP contribution < -0.4 is 0 Å². The summed E-state index contributed by atoms with van der Waals surface area (Å²) in [5, 5.41) is 21.5. The van der Waals surface area contributed by atoms with E-state index in [2.05, 4.69) is 4.98 Å². The molecule has 134 valence electrons. The van der Waals surface area contributed by atoms with Gasteiger partial charge in [-0.3, -0.25) is 9.36 Å². The summed E-state index contributed by atoms with van der Waals surface area (Å²) in [6, 6.07) is 5.23. The topological polar surface area (TPSA) is 102 Å². The molecule has 26 heavy (non-hydrogen) atoms. The quantitative estimate of drug-likeness (QED) is 0.527. The second-order valence-electron chi connectivity index (χ2n) is 5.64. The summed E-state index contributed by atoms with van der Waals surface area (Å²) in [5.41, 5.74) is 1.89. The molecule has 2 aromatic heterocycles. The normalized spacial score (nSPS) is 10.7. The Morgan fingerprint density at radius 2 is 1.96 bits per heavy atom. The molecule has 7 nitrogen and oxygen atoms in total. The fourth-order valence-electron chi connectivity index (χ4n) is 2.65. The van der Waals surface area contributed by atoms with Gasteiger partial charge in [-0.2, -0.15) is 0 Å². The molecule has 0 bridgehead atoms. The Kier molecular flexibility index (Phi) is 4.77. The van der Waals surface area contributed by atoms with Gasteiger partial charge in [0, 0.05) is 34.6 Å². The molecule has 2 N–H and O–H groups in total. The molecule has 0 saturated heterocycles. The zero-order valence-electron chi connectivity index (χ0n) is 14.1. The number of phenolic OH excluding ortho intramolecular Hbond substituents is 2. The molecule has 0 unspecified atom stereocenters. The highest BCUT2D eigenvalue weighted by Crippen LogP contribution is 2.24. The number of benzene rings is 1. The number of ether oxygens (including phenoxy) is 1. The Balaban J connectivity index is 1.75. The second-order valence-corrected chi connectivity index (χ2v) is 6.51. The third kappa shape index (κ3) is 3.31. The Morgan fingerprint density at radius 1 is 1.19 bits per heavy atom. The van der Waals surface area contributed by atoms with E-state index in [0.29, 0.717) is 11.3 Å². The van der Waals surface area contributed by atoms with Crippen LogP contribution in [0.2, 0.25) is 0 Å². The summed E-state index contributed by atoms with van der Waals surface area (Å²) in [4.78, 5) is 28.7. The first-order valence-electron chi connectivity index (χ1n) is 7.69. The SMILES string of the molecule is Cc1cc(C(=O)COC(=O)c2ccc(O)cc2O)c(C)n1-c1nccs1. The number of carbonyl (C=O) groups excluding carboxylic acids is 2. The number of hydrogen-bond acceptors (Lipinski definition) is 7. The van der Waals surface area contributed by atoms with Gasteiger partial charge >= 0.3 is 5.97 Å². The maximum absolute atomic E-state index is 12.5. The van der Waals surface area contributed by atoms with Crippen LogP contribution in [0.1, 0.15) is 32.1 Å². The van der Waals surface area contributed by atoms with Gasteiger partial charge in [0.2, 0.25) is 5.78 Å². The molecule has 0 saturated carbocycles. The van der Waals surface area contributed by atoms with Crippen molar-refractivity contribution in [3.05, 3.63) is 58.4 Å². The number of hydrogen-bond donors (Lipinski definition) is 2. The molecule has 0 aliphatic rings. The van der Waals surface area contributed by atoms with E-state index in [4.69, 9.17) is 4.74 Å². The van der Waals surface area contributed by atoms with E-state index in [-0.39, 0.29) is 17.1 Å². The number of aromatic hydroxyl groups is 2. The van der Waals surface area contributed by atoms with Gasteiger partial charge in [-0.1, -0.05) is 0 Å². The molecule has 0 fully saturated rings. The molecule has 0 aliphatic carbocycles. The number of phenols is 2. The van der Waals surface area contributed by atoms with Crippen molar-refractivity contribution in [2.24, 2.45) is 0 Å². The first-order valence-corrected chi connectivity index (χ1v) is 8.57. The maximum Gasteiger partial charge on any atom is 0.342 e. The zero-order valence-corrected chi connectivity index (χ0v) is 14.9. The molecule has 0 spiro atoms. The van der Waals surface area contributed by atoms with E-state index in [1.54, 1.807) is 19.2 Å². The van der Waals surface area contributed by atoms with Crippen LogP contribution in [-0.4, -0.2) is 38.1 Å². The number of aromatic nitrogens is 2. The highest BCUT2D eigenvalue weighted by molar-refractivity contribution is 7.12. The molecular weight excluding hydrogens is 356 g/mol. The van der Waals surface area contributed by atoms with Crippen molar-refractivity contribution >= 4 is 23.1 Å². The molecule has 3 rings (SSSR count). The average Bonchev–Trinajstić information content (AvgIpc) is 3.20. The number of ketones is 1. The van der Waals surface area contributed by atoms with Gasteiger partial charge < -0.3 is 14.9 Å². The minimum absolute atomic E-state index is 0.121. The van der Waals surface area contributed by atoms with Crippen LogP contribution in [-0.2, 0) is 4.74 Å². The molecule has 2 heterocycles. The fraction of sp³-hybridized carbons (Fsp3) is 0.167. The Labute approximate surface area is 153 Å². The summed E-state index contributed by atoms with van der Waals surface area (Å²) in [5.74, 6) is -1.79. The van der Waals surface area contributed by atoms with E-state index in [1.165, 1.54) is 23.5 Å². The summed E-state index contributed by atoms with van der Waals surface area (Å²) in [6.45, 7) is 3.21. The van der Waals surface area contributed by atoms with Crippen LogP contribution in [0, 0.1) is 13.8 Å². The first kappa shape index (κ1) is 17.7. The lowest BCUT2D eigenvalue weighted by atomic mass is 10.1. The van der Waals surface area contributed by atoms with E-state index >= 15 is 0 Å². The van der Waals surface area contributed by atoms with Crippen LogP contribution in [0.3, 0.4) is 0 Å². The lowest BCUT2D eigenvalue weighted by molar-refractivity contribution is 0.0471. The van der Waals surface area contributed by atoms with Gasteiger partial charge in [0.25, 0.3) is 0 Å². The molecule has 0 aliphatic heterocycles. The van der Waals surface area contributed by atoms with Gasteiger partial charge in [0.05, 0.1) is 0 Å². The average molecular weight is 372 g/mol. The van der Waals surface area contributed by atoms with Crippen LogP contribution in [0.4, 0.5) is 0 Å². The Hall–Kier alpha value is -3.13. The predicted molar refractivity (Wildman–Crippen MR) is 95.3 cm³/mol. The van der Waals surface area contributed by atoms with Crippen LogP contribution in [0.25, 0.3) is 5.13 Å². The number of thiazole rings is 1. The van der Waals surface area contributed by atoms with Crippen LogP contribution >= 0.6 is 11.3 Å². The van der Waals surface area contributed by atoms with Gasteiger partial charge in [-0.05, 0) is 32.0 Å². The van der Waals surface area contributed by atoms with Gasteiger partial charge in [0.1, 0.15) is 17.1 Å². The van der Waals surface area contributed by atoms with Crippen molar-refractivity contribution in [3.8, 4) is 16.6 Å². The van der Waals surface area contributed by atoms with E-state index in [0.717, 1.165) is 16.9 Å². The Bertz CT molecular complexity index is 976. The van der Waals surface area contributed by atoms with Gasteiger partial charge in [-0.25, -0.2) is 9.78 Å². The summed E-state index contributed by atoms with van der Waals surface area (Å²) < 4.78 is 6.87. The van der Waals surface area contributed by atoms with Gasteiger partial charge in [0.15, 0.2) is 11.7 Å². The molecular formula is C18H16N2O5S. The molecule has 1 aromatic carbocycles. The van der Waals surface area contributed by atoms with Crippen molar-refractivity contribution in [2.75, 3.05) is 6.61 Å². The minimum Gasteiger partial charge on any atom is -0.508 e. The summed E-state index contributed by atoms with van der Waals surface area (Å²) in [6.07, 6.45) is 1.69. The first-order chi connectivity index (χ1) is 12.4. The summed E-state index contributed by atoms with van der Waals surface area (Å²) in [7, 11) is 0. The van der Waals surface area contributed by atoms with Crippen molar-refractivity contribution in [1.82, 2.24) is 9.55 Å². The summed E-state index contributed by atoms with van der Waals surface area (Å²) >= 11 is 1.45. The van der Waals surface area contributed by atoms with Crippen molar-refractivity contribution in [2.45, 2.75) is 13.8 Å². The molecule has 0 radical (unpaired) electrons. The number of Topliss-reactive ketones (excluding diaryl/α,β-unsaturated/α-hetero) is 1. The van der Waals surface area contributed by atoms with Crippen molar-refractivity contribution < 1.29 is 24.5 Å².